The van der Waals surface area contributed by atoms with Gasteiger partial charge in [0.25, 0.3) is 5.91 Å². The summed E-state index contributed by atoms with van der Waals surface area (Å²) in [5.41, 5.74) is 1.66. The van der Waals surface area contributed by atoms with E-state index in [1.807, 2.05) is 24.3 Å². The maximum absolute atomic E-state index is 12.4. The van der Waals surface area contributed by atoms with E-state index in [0.29, 0.717) is 12.0 Å². The highest BCUT2D eigenvalue weighted by Gasteiger charge is 2.24. The third-order valence-electron chi connectivity index (χ3n) is 4.18. The first-order valence-corrected chi connectivity index (χ1v) is 7.71. The van der Waals surface area contributed by atoms with Gasteiger partial charge in [-0.05, 0) is 44.2 Å². The molecule has 0 aromatic heterocycles. The lowest BCUT2D eigenvalue weighted by molar-refractivity contribution is 0.0945. The molecule has 3 heteroatoms. The molecule has 2 rings (SSSR count). The van der Waals surface area contributed by atoms with Gasteiger partial charge in [-0.15, -0.1) is 0 Å². The number of hydrogen-bond acceptors (Lipinski definition) is 2. The van der Waals surface area contributed by atoms with Gasteiger partial charge in [-0.1, -0.05) is 31.9 Å². The molecule has 2 N–H and O–H groups in total. The molecule has 0 spiro atoms. The number of nitrogens with one attached hydrogen (secondary N) is 2. The van der Waals surface area contributed by atoms with E-state index in [9.17, 15) is 4.79 Å². The lowest BCUT2D eigenvalue weighted by Gasteiger charge is -2.18. The Hall–Kier alpha value is -1.51. The fourth-order valence-electron chi connectivity index (χ4n) is 2.96. The van der Waals surface area contributed by atoms with Crippen LogP contribution in [0.25, 0.3) is 0 Å². The topological polar surface area (TPSA) is 41.1 Å². The van der Waals surface area contributed by atoms with Gasteiger partial charge in [-0.2, -0.15) is 0 Å². The molecule has 110 valence electrons. The number of hydrogen-bond donors (Lipinski definition) is 2. The van der Waals surface area contributed by atoms with Crippen molar-refractivity contribution in [1.29, 1.82) is 0 Å². The van der Waals surface area contributed by atoms with Crippen LogP contribution in [-0.4, -0.2) is 18.5 Å². The van der Waals surface area contributed by atoms with Crippen molar-refractivity contribution in [2.45, 2.75) is 46.1 Å². The summed E-state index contributed by atoms with van der Waals surface area (Å²) in [6.45, 7) is 7.25. The van der Waals surface area contributed by atoms with Crippen LogP contribution >= 0.6 is 0 Å². The molecule has 2 unspecified atom stereocenters. The number of anilines is 1. The third kappa shape index (κ3) is 3.75. The van der Waals surface area contributed by atoms with Crippen LogP contribution in [0.5, 0.6) is 0 Å². The van der Waals surface area contributed by atoms with Crippen molar-refractivity contribution < 1.29 is 4.79 Å². The Kier molecular flexibility index (Phi) is 5.05. The molecule has 1 saturated carbocycles. The molecule has 0 bridgehead atoms. The molecule has 1 aliphatic carbocycles. The first-order chi connectivity index (χ1) is 9.58. The Labute approximate surface area is 122 Å². The number of carbonyl (C=O) groups excluding carboxylic acids is 1. The van der Waals surface area contributed by atoms with E-state index in [4.69, 9.17) is 0 Å². The SMILES string of the molecule is CC(C)Nc1ccccc1C(=O)NCC1CCCC1C. The summed E-state index contributed by atoms with van der Waals surface area (Å²) in [7, 11) is 0. The number of amides is 1. The molecular formula is C17H26N2O. The van der Waals surface area contributed by atoms with E-state index >= 15 is 0 Å². The molecule has 0 aliphatic heterocycles. The van der Waals surface area contributed by atoms with Gasteiger partial charge in [0, 0.05) is 18.3 Å². The molecule has 3 nitrogen and oxygen atoms in total. The van der Waals surface area contributed by atoms with Crippen LogP contribution in [0.3, 0.4) is 0 Å². The van der Waals surface area contributed by atoms with Gasteiger partial charge in [0.15, 0.2) is 0 Å². The van der Waals surface area contributed by atoms with Crippen molar-refractivity contribution in [2.24, 2.45) is 11.8 Å². The summed E-state index contributed by atoms with van der Waals surface area (Å²) in [6.07, 6.45) is 3.84. The maximum Gasteiger partial charge on any atom is 0.253 e. The third-order valence-corrected chi connectivity index (χ3v) is 4.18. The summed E-state index contributed by atoms with van der Waals surface area (Å²) < 4.78 is 0. The second-order valence-electron chi connectivity index (χ2n) is 6.22. The summed E-state index contributed by atoms with van der Waals surface area (Å²) in [5, 5.41) is 6.44. The van der Waals surface area contributed by atoms with E-state index < -0.39 is 0 Å². The highest BCUT2D eigenvalue weighted by atomic mass is 16.1. The Morgan fingerprint density at radius 1 is 1.30 bits per heavy atom. The average Bonchev–Trinajstić information content (AvgIpc) is 2.81. The van der Waals surface area contributed by atoms with Crippen LogP contribution < -0.4 is 10.6 Å². The van der Waals surface area contributed by atoms with Crippen LogP contribution in [0.2, 0.25) is 0 Å². The zero-order chi connectivity index (χ0) is 14.5. The Bertz CT molecular complexity index is 456. The quantitative estimate of drug-likeness (QED) is 0.860. The molecule has 0 radical (unpaired) electrons. The van der Waals surface area contributed by atoms with Gasteiger partial charge in [0.1, 0.15) is 0 Å². The van der Waals surface area contributed by atoms with Crippen molar-refractivity contribution in [3.8, 4) is 0 Å². The minimum atomic E-state index is 0.0350. The normalized spacial score (nSPS) is 22.0. The van der Waals surface area contributed by atoms with Crippen molar-refractivity contribution in [1.82, 2.24) is 5.32 Å². The standard InChI is InChI=1S/C17H26N2O/c1-12(2)19-16-10-5-4-9-15(16)17(20)18-11-14-8-6-7-13(14)3/h4-5,9-10,12-14,19H,6-8,11H2,1-3H3,(H,18,20). The average molecular weight is 274 g/mol. The van der Waals surface area contributed by atoms with E-state index in [2.05, 4.69) is 31.4 Å². The van der Waals surface area contributed by atoms with Crippen LogP contribution in [0.1, 0.15) is 50.4 Å². The number of rotatable bonds is 5. The molecule has 2 atom stereocenters. The Balaban J connectivity index is 1.98. The van der Waals surface area contributed by atoms with Gasteiger partial charge in [-0.3, -0.25) is 4.79 Å². The molecule has 0 heterocycles. The monoisotopic (exact) mass is 274 g/mol. The smallest absolute Gasteiger partial charge is 0.253 e. The predicted molar refractivity (Wildman–Crippen MR) is 84.0 cm³/mol. The fraction of sp³-hybridized carbons (Fsp3) is 0.588. The molecule has 0 saturated heterocycles. The highest BCUT2D eigenvalue weighted by molar-refractivity contribution is 5.99. The lowest BCUT2D eigenvalue weighted by atomic mass is 9.98. The number of para-hydroxylation sites is 1. The van der Waals surface area contributed by atoms with E-state index in [1.165, 1.54) is 19.3 Å². The minimum absolute atomic E-state index is 0.0350. The van der Waals surface area contributed by atoms with Gasteiger partial charge >= 0.3 is 0 Å². The predicted octanol–water partition coefficient (Wildman–Crippen LogP) is 3.67. The van der Waals surface area contributed by atoms with Gasteiger partial charge in [-0.25, -0.2) is 0 Å². The number of benzene rings is 1. The molecular weight excluding hydrogens is 248 g/mol. The van der Waals surface area contributed by atoms with E-state index in [0.717, 1.165) is 23.7 Å². The van der Waals surface area contributed by atoms with Crippen molar-refractivity contribution in [2.75, 3.05) is 11.9 Å². The molecule has 1 aromatic rings. The van der Waals surface area contributed by atoms with Crippen molar-refractivity contribution >= 4 is 11.6 Å². The van der Waals surface area contributed by atoms with E-state index in [1.54, 1.807) is 0 Å². The molecule has 1 fully saturated rings. The highest BCUT2D eigenvalue weighted by Crippen LogP contribution is 2.30. The zero-order valence-electron chi connectivity index (χ0n) is 12.8. The molecule has 1 aromatic carbocycles. The first kappa shape index (κ1) is 14.9. The zero-order valence-corrected chi connectivity index (χ0v) is 12.8. The summed E-state index contributed by atoms with van der Waals surface area (Å²) in [5.74, 6) is 1.41. The largest absolute Gasteiger partial charge is 0.382 e. The van der Waals surface area contributed by atoms with Crippen LogP contribution in [0.15, 0.2) is 24.3 Å². The first-order valence-electron chi connectivity index (χ1n) is 7.71. The Morgan fingerprint density at radius 2 is 2.05 bits per heavy atom. The van der Waals surface area contributed by atoms with Crippen LogP contribution in [-0.2, 0) is 0 Å². The summed E-state index contributed by atoms with van der Waals surface area (Å²) in [6, 6.07) is 8.04. The summed E-state index contributed by atoms with van der Waals surface area (Å²) in [4.78, 5) is 12.4. The fourth-order valence-corrected chi connectivity index (χ4v) is 2.96. The molecule has 20 heavy (non-hydrogen) atoms. The van der Waals surface area contributed by atoms with Crippen molar-refractivity contribution in [3.63, 3.8) is 0 Å². The van der Waals surface area contributed by atoms with Gasteiger partial charge < -0.3 is 10.6 Å². The second-order valence-corrected chi connectivity index (χ2v) is 6.22. The van der Waals surface area contributed by atoms with Gasteiger partial charge in [0.2, 0.25) is 0 Å². The summed E-state index contributed by atoms with van der Waals surface area (Å²) >= 11 is 0. The van der Waals surface area contributed by atoms with Crippen LogP contribution in [0.4, 0.5) is 5.69 Å². The maximum atomic E-state index is 12.4. The van der Waals surface area contributed by atoms with Crippen LogP contribution in [0, 0.1) is 11.8 Å². The molecule has 1 aliphatic rings. The number of carbonyl (C=O) groups is 1. The van der Waals surface area contributed by atoms with Crippen molar-refractivity contribution in [3.05, 3.63) is 29.8 Å². The van der Waals surface area contributed by atoms with Gasteiger partial charge in [0.05, 0.1) is 5.56 Å². The molecule has 1 amide bonds. The minimum Gasteiger partial charge on any atom is -0.382 e. The second kappa shape index (κ2) is 6.78. The van der Waals surface area contributed by atoms with E-state index in [-0.39, 0.29) is 5.91 Å². The Morgan fingerprint density at radius 3 is 2.70 bits per heavy atom. The lowest BCUT2D eigenvalue weighted by Crippen LogP contribution is -2.31.